The van der Waals surface area contributed by atoms with Crippen LogP contribution >= 0.6 is 0 Å². The average Bonchev–Trinajstić information content (AvgIpc) is 2.30. The molecule has 0 aliphatic rings. The molecule has 2 aromatic rings. The van der Waals surface area contributed by atoms with Crippen molar-refractivity contribution in [1.82, 2.24) is 4.98 Å². The molecule has 0 spiro atoms. The summed E-state index contributed by atoms with van der Waals surface area (Å²) in [5.41, 5.74) is 7.72. The van der Waals surface area contributed by atoms with Gasteiger partial charge in [-0.3, -0.25) is 4.98 Å². The molecule has 0 radical (unpaired) electrons. The summed E-state index contributed by atoms with van der Waals surface area (Å²) in [4.78, 5) is 3.91. The second-order valence-corrected chi connectivity index (χ2v) is 3.25. The summed E-state index contributed by atoms with van der Waals surface area (Å²) in [6, 6.07) is 8.76. The van der Waals surface area contributed by atoms with Gasteiger partial charge in [0.1, 0.15) is 5.82 Å². The molecule has 0 saturated heterocycles. The number of benzene rings is 1. The minimum atomic E-state index is -0.258. The minimum Gasteiger partial charge on any atom is -0.326 e. The molecular weight excluding hydrogens is 191 g/mol. The lowest BCUT2D eigenvalue weighted by atomic mass is 10.0. The van der Waals surface area contributed by atoms with Crippen LogP contribution in [0.3, 0.4) is 0 Å². The van der Waals surface area contributed by atoms with Gasteiger partial charge in [0.05, 0.1) is 0 Å². The van der Waals surface area contributed by atoms with E-state index in [1.165, 1.54) is 6.07 Å². The summed E-state index contributed by atoms with van der Waals surface area (Å²) in [5.74, 6) is -0.258. The average molecular weight is 202 g/mol. The zero-order chi connectivity index (χ0) is 10.7. The van der Waals surface area contributed by atoms with Gasteiger partial charge in [-0.05, 0) is 29.3 Å². The summed E-state index contributed by atoms with van der Waals surface area (Å²) in [5, 5.41) is 0. The molecule has 3 heteroatoms. The van der Waals surface area contributed by atoms with Crippen molar-refractivity contribution in [2.45, 2.75) is 6.54 Å². The SMILES string of the molecule is NCc1ccc(-c2ccncc2)cc1F. The molecule has 0 bridgehead atoms. The number of hydrogen-bond donors (Lipinski definition) is 1. The molecule has 2 N–H and O–H groups in total. The van der Waals surface area contributed by atoms with Gasteiger partial charge in [-0.15, -0.1) is 0 Å². The Morgan fingerprint density at radius 2 is 1.80 bits per heavy atom. The predicted molar refractivity (Wildman–Crippen MR) is 57.5 cm³/mol. The van der Waals surface area contributed by atoms with E-state index >= 15 is 0 Å². The predicted octanol–water partition coefficient (Wildman–Crippen LogP) is 2.35. The molecule has 1 aromatic heterocycles. The first-order valence-electron chi connectivity index (χ1n) is 4.70. The van der Waals surface area contributed by atoms with Crippen molar-refractivity contribution in [3.8, 4) is 11.1 Å². The van der Waals surface area contributed by atoms with E-state index in [-0.39, 0.29) is 12.4 Å². The first-order chi connectivity index (χ1) is 7.31. The Kier molecular flexibility index (Phi) is 2.74. The van der Waals surface area contributed by atoms with Gasteiger partial charge in [0.25, 0.3) is 0 Å². The third-order valence-corrected chi connectivity index (χ3v) is 2.29. The highest BCUT2D eigenvalue weighted by Gasteiger charge is 2.03. The lowest BCUT2D eigenvalue weighted by Gasteiger charge is -2.04. The highest BCUT2D eigenvalue weighted by Crippen LogP contribution is 2.20. The highest BCUT2D eigenvalue weighted by atomic mass is 19.1. The lowest BCUT2D eigenvalue weighted by molar-refractivity contribution is 0.611. The Balaban J connectivity index is 2.43. The zero-order valence-electron chi connectivity index (χ0n) is 8.15. The van der Waals surface area contributed by atoms with E-state index in [2.05, 4.69) is 4.98 Å². The molecule has 76 valence electrons. The second kappa shape index (κ2) is 4.19. The van der Waals surface area contributed by atoms with Gasteiger partial charge >= 0.3 is 0 Å². The molecule has 0 aliphatic carbocycles. The fourth-order valence-corrected chi connectivity index (χ4v) is 1.44. The highest BCUT2D eigenvalue weighted by molar-refractivity contribution is 5.63. The van der Waals surface area contributed by atoms with Crippen LogP contribution in [0.25, 0.3) is 11.1 Å². The van der Waals surface area contributed by atoms with Crippen LogP contribution in [0.4, 0.5) is 4.39 Å². The van der Waals surface area contributed by atoms with Crippen LogP contribution in [0, 0.1) is 5.82 Å². The molecule has 2 rings (SSSR count). The van der Waals surface area contributed by atoms with Crippen molar-refractivity contribution in [2.75, 3.05) is 0 Å². The molecule has 0 fully saturated rings. The van der Waals surface area contributed by atoms with Gasteiger partial charge in [0, 0.05) is 24.5 Å². The van der Waals surface area contributed by atoms with Crippen LogP contribution in [0.5, 0.6) is 0 Å². The van der Waals surface area contributed by atoms with E-state index in [0.717, 1.165) is 11.1 Å². The second-order valence-electron chi connectivity index (χ2n) is 3.25. The fraction of sp³-hybridized carbons (Fsp3) is 0.0833. The maximum absolute atomic E-state index is 13.4. The number of halogens is 1. The van der Waals surface area contributed by atoms with E-state index in [4.69, 9.17) is 5.73 Å². The van der Waals surface area contributed by atoms with E-state index in [9.17, 15) is 4.39 Å². The van der Waals surface area contributed by atoms with Crippen LogP contribution in [0.1, 0.15) is 5.56 Å². The van der Waals surface area contributed by atoms with Crippen molar-refractivity contribution >= 4 is 0 Å². The number of pyridine rings is 1. The standard InChI is InChI=1S/C12H11FN2/c13-12-7-10(1-2-11(12)8-14)9-3-5-15-6-4-9/h1-7H,8,14H2. The zero-order valence-corrected chi connectivity index (χ0v) is 8.15. The van der Waals surface area contributed by atoms with Gasteiger partial charge in [-0.2, -0.15) is 0 Å². The van der Waals surface area contributed by atoms with Crippen LogP contribution < -0.4 is 5.73 Å². The van der Waals surface area contributed by atoms with E-state index in [1.54, 1.807) is 18.5 Å². The van der Waals surface area contributed by atoms with Crippen LogP contribution in [-0.2, 0) is 6.54 Å². The molecule has 2 nitrogen and oxygen atoms in total. The summed E-state index contributed by atoms with van der Waals surface area (Å²) >= 11 is 0. The van der Waals surface area contributed by atoms with Crippen molar-refractivity contribution < 1.29 is 4.39 Å². The van der Waals surface area contributed by atoms with Gasteiger partial charge in [0.15, 0.2) is 0 Å². The Morgan fingerprint density at radius 3 is 2.40 bits per heavy atom. The Morgan fingerprint density at radius 1 is 1.07 bits per heavy atom. The van der Waals surface area contributed by atoms with Crippen LogP contribution in [-0.4, -0.2) is 4.98 Å². The molecule has 0 unspecified atom stereocenters. The van der Waals surface area contributed by atoms with Gasteiger partial charge in [-0.1, -0.05) is 12.1 Å². The third kappa shape index (κ3) is 2.02. The first-order valence-corrected chi connectivity index (χ1v) is 4.70. The lowest BCUT2D eigenvalue weighted by Crippen LogP contribution is -1.99. The molecule has 0 saturated carbocycles. The van der Waals surface area contributed by atoms with E-state index in [0.29, 0.717) is 5.56 Å². The maximum atomic E-state index is 13.4. The fourth-order valence-electron chi connectivity index (χ4n) is 1.44. The van der Waals surface area contributed by atoms with E-state index in [1.807, 2.05) is 18.2 Å². The van der Waals surface area contributed by atoms with Crippen LogP contribution in [0.15, 0.2) is 42.7 Å². The van der Waals surface area contributed by atoms with E-state index < -0.39 is 0 Å². The number of rotatable bonds is 2. The quantitative estimate of drug-likeness (QED) is 0.811. The smallest absolute Gasteiger partial charge is 0.128 e. The number of aromatic nitrogens is 1. The van der Waals surface area contributed by atoms with Crippen molar-refractivity contribution in [2.24, 2.45) is 5.73 Å². The third-order valence-electron chi connectivity index (χ3n) is 2.29. The number of hydrogen-bond acceptors (Lipinski definition) is 2. The molecular formula is C12H11FN2. The first kappa shape index (κ1) is 9.80. The minimum absolute atomic E-state index is 0.225. The molecule has 0 atom stereocenters. The van der Waals surface area contributed by atoms with Gasteiger partial charge in [0.2, 0.25) is 0 Å². The molecule has 0 aliphatic heterocycles. The maximum Gasteiger partial charge on any atom is 0.128 e. The van der Waals surface area contributed by atoms with Gasteiger partial charge in [-0.25, -0.2) is 4.39 Å². The normalized spacial score (nSPS) is 10.3. The Bertz CT molecular complexity index is 454. The van der Waals surface area contributed by atoms with Gasteiger partial charge < -0.3 is 5.73 Å². The molecule has 1 aromatic carbocycles. The summed E-state index contributed by atoms with van der Waals surface area (Å²) < 4.78 is 13.4. The Labute approximate surface area is 87.6 Å². The number of nitrogens with two attached hydrogens (primary N) is 1. The van der Waals surface area contributed by atoms with Crippen molar-refractivity contribution in [3.63, 3.8) is 0 Å². The van der Waals surface area contributed by atoms with Crippen LogP contribution in [0.2, 0.25) is 0 Å². The summed E-state index contributed by atoms with van der Waals surface area (Å²) in [6.45, 7) is 0.225. The van der Waals surface area contributed by atoms with Crippen molar-refractivity contribution in [1.29, 1.82) is 0 Å². The monoisotopic (exact) mass is 202 g/mol. The molecule has 15 heavy (non-hydrogen) atoms. The largest absolute Gasteiger partial charge is 0.326 e. The Hall–Kier alpha value is -1.74. The topological polar surface area (TPSA) is 38.9 Å². The van der Waals surface area contributed by atoms with Crippen molar-refractivity contribution in [3.05, 3.63) is 54.1 Å². The molecule has 1 heterocycles. The number of nitrogens with zero attached hydrogens (tertiary/aromatic N) is 1. The molecule has 0 amide bonds. The summed E-state index contributed by atoms with van der Waals surface area (Å²) in [6.07, 6.45) is 3.37. The summed E-state index contributed by atoms with van der Waals surface area (Å²) in [7, 11) is 0.